The van der Waals surface area contributed by atoms with E-state index in [9.17, 15) is 0 Å². The minimum Gasteiger partial charge on any atom is -0.492 e. The van der Waals surface area contributed by atoms with E-state index in [4.69, 9.17) is 16.3 Å². The first-order valence-electron chi connectivity index (χ1n) is 6.28. The highest BCUT2D eigenvalue weighted by Gasteiger charge is 2.04. The summed E-state index contributed by atoms with van der Waals surface area (Å²) < 4.78 is 5.61. The molecule has 1 unspecified atom stereocenters. The second-order valence-corrected chi connectivity index (χ2v) is 4.67. The summed E-state index contributed by atoms with van der Waals surface area (Å²) in [6, 6.07) is 13.5. The largest absolute Gasteiger partial charge is 0.492 e. The lowest BCUT2D eigenvalue weighted by Gasteiger charge is -2.13. The average Bonchev–Trinajstić information content (AvgIpc) is 2.46. The molecule has 2 aromatic rings. The Morgan fingerprint density at radius 2 is 2.00 bits per heavy atom. The molecule has 0 aliphatic rings. The highest BCUT2D eigenvalue weighted by molar-refractivity contribution is 6.30. The Hall–Kier alpha value is -1.58. The van der Waals surface area contributed by atoms with Crippen LogP contribution in [-0.2, 0) is 0 Å². The van der Waals surface area contributed by atoms with Gasteiger partial charge in [0.15, 0.2) is 0 Å². The maximum absolute atomic E-state index is 5.81. The topological polar surface area (TPSA) is 34.1 Å². The van der Waals surface area contributed by atoms with E-state index in [0.717, 1.165) is 18.0 Å². The van der Waals surface area contributed by atoms with Crippen LogP contribution in [0.15, 0.2) is 48.7 Å². The smallest absolute Gasteiger partial charge is 0.119 e. The minimum absolute atomic E-state index is 0.218. The molecule has 19 heavy (non-hydrogen) atoms. The molecule has 100 valence electrons. The van der Waals surface area contributed by atoms with Crippen molar-refractivity contribution in [2.24, 2.45) is 0 Å². The lowest BCUT2D eigenvalue weighted by atomic mass is 10.2. The van der Waals surface area contributed by atoms with Crippen LogP contribution < -0.4 is 10.1 Å². The SMILES string of the molecule is CC(NCCOc1ccc(Cl)cc1)c1ccccn1. The van der Waals surface area contributed by atoms with Gasteiger partial charge in [0.25, 0.3) is 0 Å². The molecule has 1 atom stereocenters. The molecule has 4 heteroatoms. The summed E-state index contributed by atoms with van der Waals surface area (Å²) in [5.41, 5.74) is 1.04. The Kier molecular flexibility index (Phi) is 5.19. The number of halogens is 1. The molecule has 0 aliphatic heterocycles. The third-order valence-electron chi connectivity index (χ3n) is 2.77. The number of hydrogen-bond donors (Lipinski definition) is 1. The normalized spacial score (nSPS) is 12.1. The van der Waals surface area contributed by atoms with Crippen LogP contribution in [0.4, 0.5) is 0 Å². The summed E-state index contributed by atoms with van der Waals surface area (Å²) in [5, 5.41) is 4.08. The lowest BCUT2D eigenvalue weighted by Crippen LogP contribution is -2.24. The van der Waals surface area contributed by atoms with Crippen LogP contribution in [-0.4, -0.2) is 18.1 Å². The third-order valence-corrected chi connectivity index (χ3v) is 3.02. The summed E-state index contributed by atoms with van der Waals surface area (Å²) in [4.78, 5) is 4.31. The lowest BCUT2D eigenvalue weighted by molar-refractivity contribution is 0.307. The van der Waals surface area contributed by atoms with Crippen molar-refractivity contribution in [1.82, 2.24) is 10.3 Å². The van der Waals surface area contributed by atoms with E-state index in [1.54, 1.807) is 6.20 Å². The number of hydrogen-bond acceptors (Lipinski definition) is 3. The fourth-order valence-corrected chi connectivity index (χ4v) is 1.84. The predicted octanol–water partition coefficient (Wildman–Crippen LogP) is 3.46. The number of rotatable bonds is 6. The van der Waals surface area contributed by atoms with Crippen molar-refractivity contribution in [2.45, 2.75) is 13.0 Å². The Morgan fingerprint density at radius 3 is 2.68 bits per heavy atom. The maximum Gasteiger partial charge on any atom is 0.119 e. The molecule has 1 aromatic heterocycles. The molecule has 0 aliphatic carbocycles. The second-order valence-electron chi connectivity index (χ2n) is 4.23. The number of pyridine rings is 1. The van der Waals surface area contributed by atoms with Crippen molar-refractivity contribution < 1.29 is 4.74 Å². The van der Waals surface area contributed by atoms with Gasteiger partial charge in [0.1, 0.15) is 12.4 Å². The molecule has 0 radical (unpaired) electrons. The van der Waals surface area contributed by atoms with Gasteiger partial charge in [0.2, 0.25) is 0 Å². The molecule has 3 nitrogen and oxygen atoms in total. The first-order valence-corrected chi connectivity index (χ1v) is 6.66. The Bertz CT molecular complexity index is 487. The Labute approximate surface area is 118 Å². The van der Waals surface area contributed by atoms with Gasteiger partial charge in [-0.05, 0) is 43.3 Å². The van der Waals surface area contributed by atoms with Gasteiger partial charge in [-0.1, -0.05) is 17.7 Å². The van der Waals surface area contributed by atoms with Gasteiger partial charge in [0.05, 0.1) is 5.69 Å². The summed E-state index contributed by atoms with van der Waals surface area (Å²) in [5.74, 6) is 0.830. The van der Waals surface area contributed by atoms with E-state index in [1.807, 2.05) is 42.5 Å². The van der Waals surface area contributed by atoms with Gasteiger partial charge in [-0.2, -0.15) is 0 Å². The second kappa shape index (κ2) is 7.12. The fraction of sp³-hybridized carbons (Fsp3) is 0.267. The van der Waals surface area contributed by atoms with Crippen molar-refractivity contribution >= 4 is 11.6 Å². The van der Waals surface area contributed by atoms with Crippen molar-refractivity contribution in [2.75, 3.05) is 13.2 Å². The summed E-state index contributed by atoms with van der Waals surface area (Å²) >= 11 is 5.81. The van der Waals surface area contributed by atoms with Crippen LogP contribution in [0.2, 0.25) is 5.02 Å². The summed E-state index contributed by atoms with van der Waals surface area (Å²) in [6.45, 7) is 3.46. The molecule has 0 bridgehead atoms. The zero-order valence-corrected chi connectivity index (χ0v) is 11.6. The molecule has 1 N–H and O–H groups in total. The van der Waals surface area contributed by atoms with Gasteiger partial charge < -0.3 is 10.1 Å². The van der Waals surface area contributed by atoms with Crippen LogP contribution in [0.3, 0.4) is 0 Å². The van der Waals surface area contributed by atoms with Crippen molar-refractivity contribution in [3.8, 4) is 5.75 Å². The first kappa shape index (κ1) is 13.8. The molecule has 1 aromatic carbocycles. The maximum atomic E-state index is 5.81. The van der Waals surface area contributed by atoms with Crippen molar-refractivity contribution in [3.05, 3.63) is 59.4 Å². The van der Waals surface area contributed by atoms with Crippen molar-refractivity contribution in [1.29, 1.82) is 0 Å². The minimum atomic E-state index is 0.218. The number of nitrogens with zero attached hydrogens (tertiary/aromatic N) is 1. The van der Waals surface area contributed by atoms with Crippen LogP contribution in [0, 0.1) is 0 Å². The van der Waals surface area contributed by atoms with Crippen LogP contribution in [0.1, 0.15) is 18.7 Å². The number of ether oxygens (including phenoxy) is 1. The molecular weight excluding hydrogens is 260 g/mol. The molecule has 2 rings (SSSR count). The van der Waals surface area contributed by atoms with Gasteiger partial charge in [-0.15, -0.1) is 0 Å². The first-order chi connectivity index (χ1) is 9.25. The van der Waals surface area contributed by atoms with Gasteiger partial charge in [-0.25, -0.2) is 0 Å². The molecule has 1 heterocycles. The summed E-state index contributed by atoms with van der Waals surface area (Å²) in [6.07, 6.45) is 1.80. The predicted molar refractivity (Wildman–Crippen MR) is 77.6 cm³/mol. The molecule has 0 amide bonds. The number of nitrogens with one attached hydrogen (secondary N) is 1. The summed E-state index contributed by atoms with van der Waals surface area (Å²) in [7, 11) is 0. The molecule has 0 spiro atoms. The van der Waals surface area contributed by atoms with E-state index in [-0.39, 0.29) is 6.04 Å². The highest BCUT2D eigenvalue weighted by Crippen LogP contribution is 2.15. The molecule has 0 saturated heterocycles. The van der Waals surface area contributed by atoms with Gasteiger partial charge >= 0.3 is 0 Å². The van der Waals surface area contributed by atoms with E-state index >= 15 is 0 Å². The monoisotopic (exact) mass is 276 g/mol. The van der Waals surface area contributed by atoms with E-state index < -0.39 is 0 Å². The van der Waals surface area contributed by atoms with Crippen molar-refractivity contribution in [3.63, 3.8) is 0 Å². The standard InChI is InChI=1S/C15H17ClN2O/c1-12(15-4-2-3-9-18-15)17-10-11-19-14-7-5-13(16)6-8-14/h2-9,12,17H,10-11H2,1H3. The van der Waals surface area contributed by atoms with E-state index in [1.165, 1.54) is 0 Å². The number of benzene rings is 1. The molecule has 0 saturated carbocycles. The zero-order valence-electron chi connectivity index (χ0n) is 10.8. The van der Waals surface area contributed by atoms with E-state index in [0.29, 0.717) is 11.6 Å². The Morgan fingerprint density at radius 1 is 1.21 bits per heavy atom. The quantitative estimate of drug-likeness (QED) is 0.821. The average molecular weight is 277 g/mol. The van der Waals surface area contributed by atoms with Gasteiger partial charge in [-0.3, -0.25) is 4.98 Å². The van der Waals surface area contributed by atoms with E-state index in [2.05, 4.69) is 17.2 Å². The van der Waals surface area contributed by atoms with Crippen LogP contribution in [0.25, 0.3) is 0 Å². The van der Waals surface area contributed by atoms with Gasteiger partial charge in [0, 0.05) is 23.8 Å². The van der Waals surface area contributed by atoms with Crippen LogP contribution >= 0.6 is 11.6 Å². The van der Waals surface area contributed by atoms with Crippen LogP contribution in [0.5, 0.6) is 5.75 Å². The third kappa shape index (κ3) is 4.54. The highest BCUT2D eigenvalue weighted by atomic mass is 35.5. The zero-order chi connectivity index (χ0) is 13.5. The fourth-order valence-electron chi connectivity index (χ4n) is 1.71. The number of aromatic nitrogens is 1. The molecule has 0 fully saturated rings. The Balaban J connectivity index is 1.71. The molecular formula is C15H17ClN2O.